The first-order chi connectivity index (χ1) is 15.9. The van der Waals surface area contributed by atoms with E-state index in [-0.39, 0.29) is 17.7 Å². The molecule has 1 aromatic heterocycles. The van der Waals surface area contributed by atoms with E-state index in [9.17, 15) is 9.59 Å². The minimum absolute atomic E-state index is 0.00173. The summed E-state index contributed by atoms with van der Waals surface area (Å²) >= 11 is 0. The number of likely N-dealkylation sites (tertiary alicyclic amines) is 1. The van der Waals surface area contributed by atoms with Crippen LogP contribution < -0.4 is 5.32 Å². The van der Waals surface area contributed by atoms with Gasteiger partial charge in [-0.1, -0.05) is 50.2 Å². The largest absolute Gasteiger partial charge is 0.339 e. The number of nitrogens with zero attached hydrogens (tertiary/aromatic N) is 3. The van der Waals surface area contributed by atoms with Crippen LogP contribution in [0.5, 0.6) is 0 Å². The zero-order chi connectivity index (χ0) is 23.4. The number of amides is 2. The maximum atomic E-state index is 13.1. The van der Waals surface area contributed by atoms with Gasteiger partial charge in [-0.15, -0.1) is 0 Å². The Morgan fingerprint density at radius 2 is 1.97 bits per heavy atom. The van der Waals surface area contributed by atoms with Gasteiger partial charge in [-0.25, -0.2) is 0 Å². The van der Waals surface area contributed by atoms with Crippen LogP contribution in [-0.2, 0) is 4.79 Å². The van der Waals surface area contributed by atoms with Gasteiger partial charge in [0.05, 0.1) is 5.92 Å². The molecule has 3 aromatic rings. The van der Waals surface area contributed by atoms with Gasteiger partial charge in [0.25, 0.3) is 5.91 Å². The lowest BCUT2D eigenvalue weighted by Crippen LogP contribution is -2.39. The van der Waals surface area contributed by atoms with Crippen LogP contribution in [-0.4, -0.2) is 39.9 Å². The van der Waals surface area contributed by atoms with Gasteiger partial charge in [-0.3, -0.25) is 9.59 Å². The second kappa shape index (κ2) is 9.98. The fourth-order valence-electron chi connectivity index (χ4n) is 4.06. The standard InChI is InChI=1S/C26H30N4O3/c1-4-23(31)27-22-9-5-7-20(15-22)24-28-25(33-29-24)21-8-6-14-30(16-21)26(32)19-12-10-18(11-13-19)17(2)3/h5,7,9-13,15,17,21H,4,6,8,14,16H2,1-3H3,(H,27,31)/t21-/m1/s1. The van der Waals surface area contributed by atoms with Crippen LogP contribution in [0.2, 0.25) is 0 Å². The number of nitrogens with one attached hydrogen (secondary N) is 1. The average Bonchev–Trinajstić information content (AvgIpc) is 3.34. The first-order valence-corrected chi connectivity index (χ1v) is 11.6. The molecule has 1 N–H and O–H groups in total. The molecule has 0 saturated carbocycles. The molecule has 1 aliphatic rings. The molecule has 0 unspecified atom stereocenters. The smallest absolute Gasteiger partial charge is 0.253 e. The zero-order valence-electron chi connectivity index (χ0n) is 19.4. The van der Waals surface area contributed by atoms with E-state index in [1.165, 1.54) is 5.56 Å². The van der Waals surface area contributed by atoms with Crippen molar-refractivity contribution in [1.82, 2.24) is 15.0 Å². The Morgan fingerprint density at radius 3 is 2.70 bits per heavy atom. The van der Waals surface area contributed by atoms with E-state index in [0.717, 1.165) is 24.9 Å². The van der Waals surface area contributed by atoms with Gasteiger partial charge in [-0.05, 0) is 48.6 Å². The summed E-state index contributed by atoms with van der Waals surface area (Å²) in [4.78, 5) is 31.2. The topological polar surface area (TPSA) is 88.3 Å². The van der Waals surface area contributed by atoms with Gasteiger partial charge >= 0.3 is 0 Å². The molecule has 1 aliphatic heterocycles. The number of hydrogen-bond donors (Lipinski definition) is 1. The van der Waals surface area contributed by atoms with Crippen LogP contribution in [0.15, 0.2) is 53.1 Å². The number of hydrogen-bond acceptors (Lipinski definition) is 5. The molecule has 2 aromatic carbocycles. The Hall–Kier alpha value is -3.48. The normalized spacial score (nSPS) is 16.1. The van der Waals surface area contributed by atoms with Crippen LogP contribution in [0.1, 0.15) is 73.7 Å². The lowest BCUT2D eigenvalue weighted by Gasteiger charge is -2.31. The monoisotopic (exact) mass is 446 g/mol. The Balaban J connectivity index is 1.46. The number of benzene rings is 2. The highest BCUT2D eigenvalue weighted by Crippen LogP contribution is 2.29. The maximum Gasteiger partial charge on any atom is 0.253 e. The van der Waals surface area contributed by atoms with Gasteiger partial charge < -0.3 is 14.7 Å². The highest BCUT2D eigenvalue weighted by atomic mass is 16.5. The molecule has 1 saturated heterocycles. The Morgan fingerprint density at radius 1 is 1.18 bits per heavy atom. The summed E-state index contributed by atoms with van der Waals surface area (Å²) in [5.41, 5.74) is 3.40. The molecule has 0 aliphatic carbocycles. The molecule has 0 radical (unpaired) electrons. The highest BCUT2D eigenvalue weighted by molar-refractivity contribution is 5.94. The summed E-state index contributed by atoms with van der Waals surface area (Å²) in [6.07, 6.45) is 2.19. The Kier molecular flexibility index (Phi) is 6.87. The molecule has 0 bridgehead atoms. The summed E-state index contributed by atoms with van der Waals surface area (Å²) < 4.78 is 5.59. The summed E-state index contributed by atoms with van der Waals surface area (Å²) in [7, 11) is 0. The van der Waals surface area contributed by atoms with Crippen molar-refractivity contribution in [3.05, 3.63) is 65.5 Å². The number of rotatable bonds is 6. The highest BCUT2D eigenvalue weighted by Gasteiger charge is 2.29. The van der Waals surface area contributed by atoms with Crippen molar-refractivity contribution < 1.29 is 14.1 Å². The van der Waals surface area contributed by atoms with Crippen LogP contribution in [0.3, 0.4) is 0 Å². The van der Waals surface area contributed by atoms with Crippen molar-refractivity contribution in [2.24, 2.45) is 0 Å². The predicted molar refractivity (Wildman–Crippen MR) is 127 cm³/mol. The van der Waals surface area contributed by atoms with Crippen LogP contribution in [0, 0.1) is 0 Å². The summed E-state index contributed by atoms with van der Waals surface area (Å²) in [5, 5.41) is 7.00. The molecule has 2 amide bonds. The Labute approximate surface area is 194 Å². The lowest BCUT2D eigenvalue weighted by atomic mass is 9.96. The zero-order valence-corrected chi connectivity index (χ0v) is 19.4. The first-order valence-electron chi connectivity index (χ1n) is 11.6. The molecule has 172 valence electrons. The minimum Gasteiger partial charge on any atom is -0.339 e. The van der Waals surface area contributed by atoms with Crippen LogP contribution >= 0.6 is 0 Å². The lowest BCUT2D eigenvalue weighted by molar-refractivity contribution is -0.115. The van der Waals surface area contributed by atoms with E-state index >= 15 is 0 Å². The van der Waals surface area contributed by atoms with E-state index in [1.807, 2.05) is 60.4 Å². The van der Waals surface area contributed by atoms with Gasteiger partial charge in [0, 0.05) is 36.3 Å². The minimum atomic E-state index is -0.0493. The molecule has 33 heavy (non-hydrogen) atoms. The third-order valence-electron chi connectivity index (χ3n) is 6.05. The van der Waals surface area contributed by atoms with Crippen molar-refractivity contribution in [2.75, 3.05) is 18.4 Å². The third-order valence-corrected chi connectivity index (χ3v) is 6.05. The second-order valence-electron chi connectivity index (χ2n) is 8.81. The van der Waals surface area contributed by atoms with E-state index in [2.05, 4.69) is 29.3 Å². The number of carbonyl (C=O) groups is 2. The van der Waals surface area contributed by atoms with Gasteiger partial charge in [-0.2, -0.15) is 4.98 Å². The number of carbonyl (C=O) groups excluding carboxylic acids is 2. The predicted octanol–water partition coefficient (Wildman–Crippen LogP) is 5.23. The summed E-state index contributed by atoms with van der Waals surface area (Å²) in [5.74, 6) is 1.44. The molecular weight excluding hydrogens is 416 g/mol. The van der Waals surface area contributed by atoms with Crippen molar-refractivity contribution in [1.29, 1.82) is 0 Å². The second-order valence-corrected chi connectivity index (χ2v) is 8.81. The molecular formula is C26H30N4O3. The van der Waals surface area contributed by atoms with E-state index < -0.39 is 0 Å². The molecule has 7 heteroatoms. The van der Waals surface area contributed by atoms with Gasteiger partial charge in [0.1, 0.15) is 0 Å². The number of aromatic nitrogens is 2. The molecule has 2 heterocycles. The quantitative estimate of drug-likeness (QED) is 0.560. The first kappa shape index (κ1) is 22.7. The fraction of sp³-hybridized carbons (Fsp3) is 0.385. The molecule has 1 atom stereocenters. The van der Waals surface area contributed by atoms with Gasteiger partial charge in [0.2, 0.25) is 17.6 Å². The molecule has 4 rings (SSSR count). The summed E-state index contributed by atoms with van der Waals surface area (Å²) in [6, 6.07) is 15.3. The summed E-state index contributed by atoms with van der Waals surface area (Å²) in [6.45, 7) is 7.37. The maximum absolute atomic E-state index is 13.1. The van der Waals surface area contributed by atoms with Crippen LogP contribution in [0.4, 0.5) is 5.69 Å². The van der Waals surface area contributed by atoms with Crippen molar-refractivity contribution >= 4 is 17.5 Å². The fourth-order valence-corrected chi connectivity index (χ4v) is 4.06. The van der Waals surface area contributed by atoms with E-state index in [4.69, 9.17) is 4.52 Å². The SMILES string of the molecule is CCC(=O)Nc1cccc(-c2noc([C@@H]3CCCN(C(=O)c4ccc(C(C)C)cc4)C3)n2)c1. The Bertz CT molecular complexity index is 1120. The van der Waals surface area contributed by atoms with Crippen LogP contribution in [0.25, 0.3) is 11.4 Å². The average molecular weight is 447 g/mol. The third kappa shape index (κ3) is 5.30. The van der Waals surface area contributed by atoms with Gasteiger partial charge in [0.15, 0.2) is 0 Å². The van der Waals surface area contributed by atoms with E-state index in [1.54, 1.807) is 0 Å². The number of anilines is 1. The molecule has 7 nitrogen and oxygen atoms in total. The van der Waals surface area contributed by atoms with Crippen molar-refractivity contribution in [2.45, 2.75) is 51.9 Å². The molecule has 1 fully saturated rings. The van der Waals surface area contributed by atoms with E-state index in [0.29, 0.717) is 41.8 Å². The number of piperidine rings is 1. The molecule has 0 spiro atoms. The van der Waals surface area contributed by atoms with Crippen molar-refractivity contribution in [3.63, 3.8) is 0 Å². The van der Waals surface area contributed by atoms with Crippen molar-refractivity contribution in [3.8, 4) is 11.4 Å².